The summed E-state index contributed by atoms with van der Waals surface area (Å²) >= 11 is 1.21. The molecular weight excluding hydrogens is 218 g/mol. The lowest BCUT2D eigenvalue weighted by Gasteiger charge is -2.07. The third-order valence-corrected chi connectivity index (χ3v) is 2.31. The Morgan fingerprint density at radius 1 is 1.93 bits per heavy atom. The number of esters is 1. The molecule has 1 aromatic heterocycles. The molecule has 0 saturated heterocycles. The van der Waals surface area contributed by atoms with E-state index in [1.807, 2.05) is 0 Å². The van der Waals surface area contributed by atoms with Gasteiger partial charge < -0.3 is 15.7 Å². The fourth-order valence-electron chi connectivity index (χ4n) is 1.00. The molecule has 82 valence electrons. The van der Waals surface area contributed by atoms with Crippen molar-refractivity contribution in [2.45, 2.75) is 12.8 Å². The molecule has 0 bridgehead atoms. The van der Waals surface area contributed by atoms with Crippen LogP contribution in [0.4, 0.5) is 5.13 Å². The lowest BCUT2D eigenvalue weighted by molar-refractivity contribution is -0.143. The summed E-state index contributed by atoms with van der Waals surface area (Å²) in [7, 11) is 0. The molecule has 1 rings (SSSR count). The molecule has 0 amide bonds. The van der Waals surface area contributed by atoms with Gasteiger partial charge in [-0.05, 0) is 6.92 Å². The van der Waals surface area contributed by atoms with Crippen LogP contribution in [-0.4, -0.2) is 29.0 Å². The highest BCUT2D eigenvalue weighted by Gasteiger charge is 2.22. The molecule has 0 saturated carbocycles. The summed E-state index contributed by atoms with van der Waals surface area (Å²) < 4.78 is 4.80. The number of carbonyl (C=O) groups is 1. The van der Waals surface area contributed by atoms with Crippen molar-refractivity contribution in [3.05, 3.63) is 11.1 Å². The minimum absolute atomic E-state index is 0.258. The van der Waals surface area contributed by atoms with Crippen LogP contribution in [0.5, 0.6) is 0 Å². The summed E-state index contributed by atoms with van der Waals surface area (Å²) in [6, 6.07) is 0. The van der Waals surface area contributed by atoms with Crippen molar-refractivity contribution < 1.29 is 14.7 Å². The molecular formula is C8H11N3O3S. The van der Waals surface area contributed by atoms with Crippen LogP contribution < -0.4 is 5.73 Å². The molecule has 1 unspecified atom stereocenters. The Morgan fingerprint density at radius 2 is 2.67 bits per heavy atom. The first-order valence-electron chi connectivity index (χ1n) is 4.24. The fourth-order valence-corrected chi connectivity index (χ4v) is 1.60. The number of ether oxygens (including phenoxy) is 1. The first-order valence-corrected chi connectivity index (χ1v) is 5.12. The maximum Gasteiger partial charge on any atom is 0.320 e. The van der Waals surface area contributed by atoms with Crippen molar-refractivity contribution >= 4 is 28.7 Å². The molecule has 7 heteroatoms. The van der Waals surface area contributed by atoms with Crippen molar-refractivity contribution in [1.29, 1.82) is 0 Å². The van der Waals surface area contributed by atoms with E-state index in [-0.39, 0.29) is 6.61 Å². The third-order valence-electron chi connectivity index (χ3n) is 1.61. The largest absolute Gasteiger partial charge is 0.465 e. The van der Waals surface area contributed by atoms with Crippen LogP contribution in [0.25, 0.3) is 0 Å². The predicted octanol–water partition coefficient (Wildman–Crippen LogP) is 0.832. The Hall–Kier alpha value is -1.63. The standard InChI is InChI=1S/C8H11N3O3S/c1-2-14-7(12)5(3-10-13)6-4-15-8(9)11-6/h3-5,13H,2H2,1H3,(H2,9,11)/b10-3-. The summed E-state index contributed by atoms with van der Waals surface area (Å²) in [5.41, 5.74) is 5.86. The number of oxime groups is 1. The minimum atomic E-state index is -0.802. The van der Waals surface area contributed by atoms with Gasteiger partial charge in [-0.3, -0.25) is 4.79 Å². The van der Waals surface area contributed by atoms with Crippen molar-refractivity contribution in [2.24, 2.45) is 5.16 Å². The van der Waals surface area contributed by atoms with Crippen LogP contribution in [0.1, 0.15) is 18.5 Å². The Morgan fingerprint density at radius 3 is 3.13 bits per heavy atom. The van der Waals surface area contributed by atoms with Crippen LogP contribution in [0, 0.1) is 0 Å². The van der Waals surface area contributed by atoms with Crippen LogP contribution in [-0.2, 0) is 9.53 Å². The quantitative estimate of drug-likeness (QED) is 0.345. The van der Waals surface area contributed by atoms with Crippen LogP contribution in [0.3, 0.4) is 0 Å². The Bertz CT molecular complexity index is 364. The molecule has 0 fully saturated rings. The number of hydrogen-bond donors (Lipinski definition) is 2. The molecule has 0 aliphatic heterocycles. The van der Waals surface area contributed by atoms with Crippen LogP contribution >= 0.6 is 11.3 Å². The molecule has 15 heavy (non-hydrogen) atoms. The zero-order valence-corrected chi connectivity index (χ0v) is 8.90. The maximum atomic E-state index is 11.4. The van der Waals surface area contributed by atoms with E-state index in [1.54, 1.807) is 12.3 Å². The Kier molecular flexibility index (Phi) is 4.04. The highest BCUT2D eigenvalue weighted by Crippen LogP contribution is 2.20. The molecule has 1 atom stereocenters. The number of aromatic nitrogens is 1. The number of hydrogen-bond acceptors (Lipinski definition) is 7. The van der Waals surface area contributed by atoms with E-state index in [2.05, 4.69) is 10.1 Å². The number of rotatable bonds is 4. The third kappa shape index (κ3) is 2.91. The van der Waals surface area contributed by atoms with E-state index in [9.17, 15) is 4.79 Å². The van der Waals surface area contributed by atoms with E-state index >= 15 is 0 Å². The topological polar surface area (TPSA) is 97.8 Å². The van der Waals surface area contributed by atoms with E-state index < -0.39 is 11.9 Å². The number of nitrogens with two attached hydrogens (primary N) is 1. The van der Waals surface area contributed by atoms with E-state index in [4.69, 9.17) is 15.7 Å². The predicted molar refractivity (Wildman–Crippen MR) is 56.2 cm³/mol. The van der Waals surface area contributed by atoms with E-state index in [0.29, 0.717) is 10.8 Å². The number of nitrogen functional groups attached to an aromatic ring is 1. The van der Waals surface area contributed by atoms with Crippen LogP contribution in [0.15, 0.2) is 10.5 Å². The maximum absolute atomic E-state index is 11.4. The van der Waals surface area contributed by atoms with Crippen molar-refractivity contribution in [1.82, 2.24) is 4.98 Å². The highest BCUT2D eigenvalue weighted by atomic mass is 32.1. The number of thiazole rings is 1. The average molecular weight is 229 g/mol. The lowest BCUT2D eigenvalue weighted by atomic mass is 10.1. The molecule has 0 aromatic carbocycles. The van der Waals surface area contributed by atoms with Gasteiger partial charge in [0.2, 0.25) is 0 Å². The number of carbonyl (C=O) groups excluding carboxylic acids is 1. The van der Waals surface area contributed by atoms with Gasteiger partial charge in [-0.15, -0.1) is 16.5 Å². The smallest absolute Gasteiger partial charge is 0.320 e. The summed E-state index contributed by atoms with van der Waals surface area (Å²) in [6.45, 7) is 1.95. The van der Waals surface area contributed by atoms with Gasteiger partial charge in [0.15, 0.2) is 5.13 Å². The van der Waals surface area contributed by atoms with E-state index in [1.165, 1.54) is 11.3 Å². The number of nitrogens with zero attached hydrogens (tertiary/aromatic N) is 2. The summed E-state index contributed by atoms with van der Waals surface area (Å²) in [6.07, 6.45) is 1.06. The second-order valence-electron chi connectivity index (χ2n) is 2.60. The highest BCUT2D eigenvalue weighted by molar-refractivity contribution is 7.13. The summed E-state index contributed by atoms with van der Waals surface area (Å²) in [5, 5.41) is 13.2. The van der Waals surface area contributed by atoms with Gasteiger partial charge in [0.1, 0.15) is 5.92 Å². The SMILES string of the molecule is CCOC(=O)C(/C=N\O)c1csc(N)n1. The molecule has 3 N–H and O–H groups in total. The van der Waals surface area contributed by atoms with Crippen LogP contribution in [0.2, 0.25) is 0 Å². The summed E-state index contributed by atoms with van der Waals surface area (Å²) in [4.78, 5) is 15.4. The van der Waals surface area contributed by atoms with Crippen molar-refractivity contribution in [3.63, 3.8) is 0 Å². The van der Waals surface area contributed by atoms with Crippen molar-refractivity contribution in [2.75, 3.05) is 12.3 Å². The van der Waals surface area contributed by atoms with Gasteiger partial charge in [-0.25, -0.2) is 4.98 Å². The molecule has 1 heterocycles. The molecule has 0 aliphatic rings. The Labute approximate surface area is 90.4 Å². The summed E-state index contributed by atoms with van der Waals surface area (Å²) in [5.74, 6) is -1.32. The lowest BCUT2D eigenvalue weighted by Crippen LogP contribution is -2.17. The van der Waals surface area contributed by atoms with Gasteiger partial charge in [0.25, 0.3) is 0 Å². The van der Waals surface area contributed by atoms with E-state index in [0.717, 1.165) is 6.21 Å². The first-order chi connectivity index (χ1) is 7.19. The normalized spacial score (nSPS) is 12.9. The Balaban J connectivity index is 2.87. The zero-order chi connectivity index (χ0) is 11.3. The van der Waals surface area contributed by atoms with Gasteiger partial charge >= 0.3 is 5.97 Å². The van der Waals surface area contributed by atoms with Gasteiger partial charge in [0.05, 0.1) is 18.5 Å². The molecule has 1 aromatic rings. The average Bonchev–Trinajstić information content (AvgIpc) is 2.61. The zero-order valence-electron chi connectivity index (χ0n) is 8.08. The second-order valence-corrected chi connectivity index (χ2v) is 3.49. The minimum Gasteiger partial charge on any atom is -0.465 e. The molecule has 0 aliphatic carbocycles. The number of anilines is 1. The second kappa shape index (κ2) is 5.30. The van der Waals surface area contributed by atoms with Gasteiger partial charge in [-0.1, -0.05) is 0 Å². The van der Waals surface area contributed by atoms with Gasteiger partial charge in [-0.2, -0.15) is 0 Å². The molecule has 0 radical (unpaired) electrons. The van der Waals surface area contributed by atoms with Gasteiger partial charge in [0, 0.05) is 5.38 Å². The monoisotopic (exact) mass is 229 g/mol. The van der Waals surface area contributed by atoms with Crippen molar-refractivity contribution in [3.8, 4) is 0 Å². The molecule has 6 nitrogen and oxygen atoms in total. The molecule has 0 spiro atoms. The fraction of sp³-hybridized carbons (Fsp3) is 0.375. The first kappa shape index (κ1) is 11.4.